The van der Waals surface area contributed by atoms with Gasteiger partial charge in [0, 0.05) is 12.5 Å². The fourth-order valence-electron chi connectivity index (χ4n) is 1.17. The van der Waals surface area contributed by atoms with Gasteiger partial charge in [-0.15, -0.1) is 11.3 Å². The Labute approximate surface area is 86.8 Å². The van der Waals surface area contributed by atoms with E-state index in [1.54, 1.807) is 0 Å². The quantitative estimate of drug-likeness (QED) is 0.792. The Morgan fingerprint density at radius 3 is 2.71 bits per heavy atom. The van der Waals surface area contributed by atoms with Crippen LogP contribution in [-0.2, 0) is 12.8 Å². The third kappa shape index (κ3) is 2.52. The van der Waals surface area contributed by atoms with Crippen LogP contribution in [0, 0.1) is 0 Å². The smallest absolute Gasteiger partial charge is 0.347 e. The van der Waals surface area contributed by atoms with E-state index in [4.69, 9.17) is 10.8 Å². The van der Waals surface area contributed by atoms with Gasteiger partial charge in [0.25, 0.3) is 0 Å². The van der Waals surface area contributed by atoms with Crippen LogP contribution in [0.2, 0.25) is 0 Å². The van der Waals surface area contributed by atoms with E-state index in [0.29, 0.717) is 23.4 Å². The molecule has 1 heterocycles. The Morgan fingerprint density at radius 1 is 1.71 bits per heavy atom. The van der Waals surface area contributed by atoms with Gasteiger partial charge >= 0.3 is 5.97 Å². The Hall–Kier alpha value is -0.940. The molecule has 1 atom stereocenters. The van der Waals surface area contributed by atoms with Crippen molar-refractivity contribution in [2.45, 2.75) is 32.7 Å². The lowest BCUT2D eigenvalue weighted by Crippen LogP contribution is -2.17. The van der Waals surface area contributed by atoms with Crippen LogP contribution in [0.15, 0.2) is 0 Å². The number of nitrogens with zero attached hydrogens (tertiary/aromatic N) is 1. The standard InChI is InChI=1S/C9H14N2O2S/c1-3-6-8(9(12)13)14-7(11-6)4-5(2)10/h5H,3-4,10H2,1-2H3,(H,12,13). The lowest BCUT2D eigenvalue weighted by atomic mass is 10.2. The highest BCUT2D eigenvalue weighted by Crippen LogP contribution is 2.20. The monoisotopic (exact) mass is 214 g/mol. The average Bonchev–Trinajstić information content (AvgIpc) is 2.46. The SMILES string of the molecule is CCc1nc(CC(C)N)sc1C(=O)O. The molecule has 0 saturated heterocycles. The molecule has 0 spiro atoms. The molecule has 1 aromatic rings. The van der Waals surface area contributed by atoms with E-state index in [-0.39, 0.29) is 6.04 Å². The van der Waals surface area contributed by atoms with Gasteiger partial charge in [0.05, 0.1) is 10.7 Å². The van der Waals surface area contributed by atoms with E-state index in [1.807, 2.05) is 13.8 Å². The maximum Gasteiger partial charge on any atom is 0.347 e. The minimum absolute atomic E-state index is 0.0208. The molecule has 1 aromatic heterocycles. The predicted molar refractivity (Wildman–Crippen MR) is 55.8 cm³/mol. The molecular formula is C9H14N2O2S. The van der Waals surface area contributed by atoms with Gasteiger partial charge in [0.2, 0.25) is 0 Å². The van der Waals surface area contributed by atoms with Crippen molar-refractivity contribution >= 4 is 17.3 Å². The number of aryl methyl sites for hydroxylation is 1. The second kappa shape index (κ2) is 4.52. The second-order valence-electron chi connectivity index (χ2n) is 3.22. The summed E-state index contributed by atoms with van der Waals surface area (Å²) in [6.07, 6.45) is 1.29. The molecule has 0 amide bonds. The molecule has 4 nitrogen and oxygen atoms in total. The highest BCUT2D eigenvalue weighted by molar-refractivity contribution is 7.13. The number of hydrogen-bond donors (Lipinski definition) is 2. The van der Waals surface area contributed by atoms with Crippen LogP contribution >= 0.6 is 11.3 Å². The highest BCUT2D eigenvalue weighted by Gasteiger charge is 2.16. The maximum absolute atomic E-state index is 10.8. The van der Waals surface area contributed by atoms with Crippen molar-refractivity contribution in [3.8, 4) is 0 Å². The van der Waals surface area contributed by atoms with E-state index in [9.17, 15) is 4.79 Å². The van der Waals surface area contributed by atoms with Crippen LogP contribution in [0.3, 0.4) is 0 Å². The average molecular weight is 214 g/mol. The van der Waals surface area contributed by atoms with Gasteiger partial charge in [-0.25, -0.2) is 9.78 Å². The number of thiazole rings is 1. The molecule has 1 rings (SSSR count). The zero-order chi connectivity index (χ0) is 10.7. The van der Waals surface area contributed by atoms with Gasteiger partial charge in [-0.3, -0.25) is 0 Å². The van der Waals surface area contributed by atoms with E-state index in [2.05, 4.69) is 4.98 Å². The number of aromatic carboxylic acids is 1. The van der Waals surface area contributed by atoms with Gasteiger partial charge in [-0.2, -0.15) is 0 Å². The minimum atomic E-state index is -0.893. The molecule has 0 aromatic carbocycles. The number of aromatic nitrogens is 1. The third-order valence-corrected chi connectivity index (χ3v) is 2.88. The summed E-state index contributed by atoms with van der Waals surface area (Å²) < 4.78 is 0. The first-order valence-corrected chi connectivity index (χ1v) is 5.33. The lowest BCUT2D eigenvalue weighted by Gasteiger charge is -1.98. The van der Waals surface area contributed by atoms with Crippen LogP contribution in [0.25, 0.3) is 0 Å². The maximum atomic E-state index is 10.8. The Kier molecular flexibility index (Phi) is 3.60. The predicted octanol–water partition coefficient (Wildman–Crippen LogP) is 1.29. The molecule has 0 fully saturated rings. The third-order valence-electron chi connectivity index (χ3n) is 1.77. The van der Waals surface area contributed by atoms with E-state index < -0.39 is 5.97 Å². The summed E-state index contributed by atoms with van der Waals surface area (Å²) in [5, 5.41) is 9.70. The topological polar surface area (TPSA) is 76.2 Å². The van der Waals surface area contributed by atoms with E-state index >= 15 is 0 Å². The van der Waals surface area contributed by atoms with Gasteiger partial charge < -0.3 is 10.8 Å². The number of carboxylic acid groups (broad SMARTS) is 1. The van der Waals surface area contributed by atoms with E-state index in [0.717, 1.165) is 5.01 Å². The van der Waals surface area contributed by atoms with Gasteiger partial charge in [-0.05, 0) is 13.3 Å². The normalized spacial score (nSPS) is 12.8. The molecule has 5 heteroatoms. The molecule has 0 saturated carbocycles. The number of hydrogen-bond acceptors (Lipinski definition) is 4. The number of carboxylic acids is 1. The molecule has 0 aliphatic carbocycles. The summed E-state index contributed by atoms with van der Waals surface area (Å²) in [6.45, 7) is 3.78. The van der Waals surface area contributed by atoms with Gasteiger partial charge in [0.15, 0.2) is 0 Å². The van der Waals surface area contributed by atoms with Crippen molar-refractivity contribution in [2.75, 3.05) is 0 Å². The second-order valence-corrected chi connectivity index (χ2v) is 4.31. The Morgan fingerprint density at radius 2 is 2.36 bits per heavy atom. The fraction of sp³-hybridized carbons (Fsp3) is 0.556. The van der Waals surface area contributed by atoms with Crippen molar-refractivity contribution < 1.29 is 9.90 Å². The van der Waals surface area contributed by atoms with Crippen molar-refractivity contribution in [3.63, 3.8) is 0 Å². The van der Waals surface area contributed by atoms with Crippen LogP contribution in [0.1, 0.15) is 34.2 Å². The Bertz CT molecular complexity index is 334. The number of carbonyl (C=O) groups is 1. The fourth-order valence-corrected chi connectivity index (χ4v) is 2.30. The van der Waals surface area contributed by atoms with Crippen LogP contribution in [-0.4, -0.2) is 22.1 Å². The summed E-state index contributed by atoms with van der Waals surface area (Å²) in [6, 6.07) is 0.0208. The van der Waals surface area contributed by atoms with Crippen molar-refractivity contribution in [1.29, 1.82) is 0 Å². The summed E-state index contributed by atoms with van der Waals surface area (Å²) in [5.41, 5.74) is 6.29. The molecule has 3 N–H and O–H groups in total. The molecule has 0 aliphatic rings. The first kappa shape index (κ1) is 11.1. The Balaban J connectivity index is 2.94. The van der Waals surface area contributed by atoms with Crippen LogP contribution < -0.4 is 5.73 Å². The zero-order valence-electron chi connectivity index (χ0n) is 8.28. The summed E-state index contributed by atoms with van der Waals surface area (Å²) in [5.74, 6) is -0.893. The lowest BCUT2D eigenvalue weighted by molar-refractivity contribution is 0.0701. The molecule has 78 valence electrons. The van der Waals surface area contributed by atoms with Crippen LogP contribution in [0.4, 0.5) is 0 Å². The van der Waals surface area contributed by atoms with Crippen molar-refractivity contribution in [1.82, 2.24) is 4.98 Å². The molecule has 0 radical (unpaired) electrons. The van der Waals surface area contributed by atoms with Crippen LogP contribution in [0.5, 0.6) is 0 Å². The zero-order valence-corrected chi connectivity index (χ0v) is 9.10. The largest absolute Gasteiger partial charge is 0.477 e. The molecule has 1 unspecified atom stereocenters. The highest BCUT2D eigenvalue weighted by atomic mass is 32.1. The van der Waals surface area contributed by atoms with E-state index in [1.165, 1.54) is 11.3 Å². The minimum Gasteiger partial charge on any atom is -0.477 e. The van der Waals surface area contributed by atoms with Crippen molar-refractivity contribution in [3.05, 3.63) is 15.6 Å². The number of rotatable bonds is 4. The molecule has 0 bridgehead atoms. The summed E-state index contributed by atoms with van der Waals surface area (Å²) >= 11 is 1.23. The van der Waals surface area contributed by atoms with Gasteiger partial charge in [-0.1, -0.05) is 6.92 Å². The molecular weight excluding hydrogens is 200 g/mol. The number of nitrogens with two attached hydrogens (primary N) is 1. The summed E-state index contributed by atoms with van der Waals surface area (Å²) in [7, 11) is 0. The molecule has 0 aliphatic heterocycles. The molecule has 14 heavy (non-hydrogen) atoms. The first-order valence-electron chi connectivity index (χ1n) is 4.52. The first-order chi connectivity index (χ1) is 6.54. The van der Waals surface area contributed by atoms with Gasteiger partial charge in [0.1, 0.15) is 4.88 Å². The van der Waals surface area contributed by atoms with Crippen molar-refractivity contribution in [2.24, 2.45) is 5.73 Å². The summed E-state index contributed by atoms with van der Waals surface area (Å²) in [4.78, 5) is 15.4.